The first-order valence-corrected chi connectivity index (χ1v) is 10.5. The molecule has 3 N–H and O–H groups in total. The number of benzene rings is 2. The third kappa shape index (κ3) is 5.31. The molecule has 3 rings (SSSR count). The molecule has 0 radical (unpaired) electrons. The molecule has 5 nitrogen and oxygen atoms in total. The summed E-state index contributed by atoms with van der Waals surface area (Å²) >= 11 is 1.63. The van der Waals surface area contributed by atoms with Crippen LogP contribution in [0.5, 0.6) is 0 Å². The fourth-order valence-corrected chi connectivity index (χ4v) is 3.94. The maximum absolute atomic E-state index is 12.9. The Morgan fingerprint density at radius 3 is 2.24 bits per heavy atom. The zero-order chi connectivity index (χ0) is 20.6. The average molecular weight is 408 g/mol. The summed E-state index contributed by atoms with van der Waals surface area (Å²) in [4.78, 5) is 25.8. The molecule has 0 fully saturated rings. The summed E-state index contributed by atoms with van der Waals surface area (Å²) in [5.41, 5.74) is 3.12. The molecule has 1 heterocycles. The van der Waals surface area contributed by atoms with Gasteiger partial charge in [0.2, 0.25) is 5.91 Å². The maximum Gasteiger partial charge on any atom is 0.321 e. The molecule has 2 aromatic carbocycles. The van der Waals surface area contributed by atoms with Gasteiger partial charge in [0, 0.05) is 11.9 Å². The molecule has 6 heteroatoms. The molecular weight excluding hydrogens is 382 g/mol. The summed E-state index contributed by atoms with van der Waals surface area (Å²) in [5, 5.41) is 10.3. The molecule has 0 aliphatic carbocycles. The van der Waals surface area contributed by atoms with Gasteiger partial charge in [0.05, 0.1) is 6.04 Å². The highest BCUT2D eigenvalue weighted by molar-refractivity contribution is 7.10. The lowest BCUT2D eigenvalue weighted by molar-refractivity contribution is -0.122. The molecule has 0 aliphatic rings. The van der Waals surface area contributed by atoms with Gasteiger partial charge in [0.25, 0.3) is 0 Å². The first-order chi connectivity index (χ1) is 14.1. The minimum absolute atomic E-state index is 0.179. The topological polar surface area (TPSA) is 70.2 Å². The minimum atomic E-state index is -0.688. The van der Waals surface area contributed by atoms with E-state index in [1.807, 2.05) is 41.8 Å². The van der Waals surface area contributed by atoms with Gasteiger partial charge in [-0.15, -0.1) is 11.3 Å². The second-order valence-electron chi connectivity index (χ2n) is 6.62. The van der Waals surface area contributed by atoms with E-state index in [1.165, 1.54) is 12.6 Å². The van der Waals surface area contributed by atoms with Gasteiger partial charge in [-0.1, -0.05) is 67.6 Å². The Kier molecular flexibility index (Phi) is 7.16. The highest BCUT2D eigenvalue weighted by atomic mass is 32.1. The minimum Gasteiger partial charge on any atom is -0.341 e. The lowest BCUT2D eigenvalue weighted by atomic mass is 9.99. The van der Waals surface area contributed by atoms with Gasteiger partial charge in [0.15, 0.2) is 0 Å². The third-order valence-electron chi connectivity index (χ3n) is 4.74. The largest absolute Gasteiger partial charge is 0.341 e. The van der Waals surface area contributed by atoms with E-state index in [2.05, 4.69) is 53.2 Å². The summed E-state index contributed by atoms with van der Waals surface area (Å²) < 4.78 is 0. The summed E-state index contributed by atoms with van der Waals surface area (Å²) in [5.74, 6) is -0.401. The molecule has 3 aromatic rings. The first kappa shape index (κ1) is 20.8. The number of carbonyl (C=O) groups excluding carboxylic acids is 2. The highest BCUT2D eigenvalue weighted by Gasteiger charge is 2.27. The molecule has 2 atom stereocenters. The van der Waals surface area contributed by atoms with E-state index in [0.29, 0.717) is 0 Å². The van der Waals surface area contributed by atoms with Crippen molar-refractivity contribution in [1.82, 2.24) is 16.0 Å². The smallest absolute Gasteiger partial charge is 0.321 e. The van der Waals surface area contributed by atoms with Crippen LogP contribution in [0.1, 0.15) is 40.6 Å². The van der Waals surface area contributed by atoms with Gasteiger partial charge < -0.3 is 5.32 Å². The lowest BCUT2D eigenvalue weighted by Gasteiger charge is -2.25. The molecule has 150 valence electrons. The van der Waals surface area contributed by atoms with E-state index in [1.54, 1.807) is 11.3 Å². The fourth-order valence-electron chi connectivity index (χ4n) is 3.13. The zero-order valence-electron chi connectivity index (χ0n) is 16.5. The van der Waals surface area contributed by atoms with Crippen LogP contribution in [0.15, 0.2) is 72.1 Å². The third-order valence-corrected chi connectivity index (χ3v) is 5.68. The second kappa shape index (κ2) is 10.0. The summed E-state index contributed by atoms with van der Waals surface area (Å²) in [7, 11) is 1.48. The molecule has 29 heavy (non-hydrogen) atoms. The predicted octanol–water partition coefficient (Wildman–Crippen LogP) is 4.19. The maximum atomic E-state index is 12.9. The standard InChI is InChI=1S/C23H25N3O2S/c1-3-16-11-13-18(14-12-16)20(19-10-7-15-29-19)25-21(17-8-5-4-6-9-17)22(27)26-23(28)24-2/h4-15,20-21,25H,3H2,1-2H3,(H2,24,26,27,28)/t20-,21+/m0/s1. The number of hydrogen-bond acceptors (Lipinski definition) is 4. The first-order valence-electron chi connectivity index (χ1n) is 9.58. The van der Waals surface area contributed by atoms with Crippen molar-refractivity contribution in [2.24, 2.45) is 0 Å². The zero-order valence-corrected chi connectivity index (χ0v) is 17.3. The molecule has 0 saturated heterocycles. The van der Waals surface area contributed by atoms with Gasteiger partial charge in [-0.05, 0) is 34.6 Å². The van der Waals surface area contributed by atoms with Crippen molar-refractivity contribution in [3.05, 3.63) is 93.7 Å². The molecule has 3 amide bonds. The van der Waals surface area contributed by atoms with E-state index in [9.17, 15) is 9.59 Å². The van der Waals surface area contributed by atoms with E-state index >= 15 is 0 Å². The summed E-state index contributed by atoms with van der Waals surface area (Å²) in [6.45, 7) is 2.12. The van der Waals surface area contributed by atoms with Crippen molar-refractivity contribution in [3.8, 4) is 0 Å². The van der Waals surface area contributed by atoms with Crippen LogP contribution in [-0.2, 0) is 11.2 Å². The van der Waals surface area contributed by atoms with Crippen molar-refractivity contribution < 1.29 is 9.59 Å². The fraction of sp³-hybridized carbons (Fsp3) is 0.217. The number of aryl methyl sites for hydroxylation is 1. The lowest BCUT2D eigenvalue weighted by Crippen LogP contribution is -2.45. The second-order valence-corrected chi connectivity index (χ2v) is 7.60. The SMILES string of the molecule is CCc1ccc([C@H](N[C@@H](C(=O)NC(=O)NC)c2ccccc2)c2cccs2)cc1. The molecule has 0 bridgehead atoms. The van der Waals surface area contributed by atoms with Crippen LogP contribution in [0.2, 0.25) is 0 Å². The van der Waals surface area contributed by atoms with Gasteiger partial charge in [-0.2, -0.15) is 0 Å². The van der Waals surface area contributed by atoms with E-state index in [0.717, 1.165) is 22.4 Å². The van der Waals surface area contributed by atoms with Crippen molar-refractivity contribution in [3.63, 3.8) is 0 Å². The summed E-state index contributed by atoms with van der Waals surface area (Å²) in [6, 6.07) is 20.5. The number of imide groups is 1. The van der Waals surface area contributed by atoms with Crippen LogP contribution in [0.4, 0.5) is 4.79 Å². The number of thiophene rings is 1. The van der Waals surface area contributed by atoms with Crippen molar-refractivity contribution in [1.29, 1.82) is 0 Å². The van der Waals surface area contributed by atoms with E-state index in [-0.39, 0.29) is 6.04 Å². The summed E-state index contributed by atoms with van der Waals surface area (Å²) in [6.07, 6.45) is 0.971. The number of carbonyl (C=O) groups is 2. The van der Waals surface area contributed by atoms with Crippen LogP contribution >= 0.6 is 11.3 Å². The highest BCUT2D eigenvalue weighted by Crippen LogP contribution is 2.29. The van der Waals surface area contributed by atoms with Crippen LogP contribution in [0.25, 0.3) is 0 Å². The van der Waals surface area contributed by atoms with Gasteiger partial charge in [-0.3, -0.25) is 15.4 Å². The number of hydrogen-bond donors (Lipinski definition) is 3. The van der Waals surface area contributed by atoms with Crippen LogP contribution in [-0.4, -0.2) is 19.0 Å². The average Bonchev–Trinajstić information content (AvgIpc) is 3.29. The van der Waals surface area contributed by atoms with Crippen molar-refractivity contribution >= 4 is 23.3 Å². The van der Waals surface area contributed by atoms with Gasteiger partial charge in [0.1, 0.15) is 6.04 Å². The number of urea groups is 1. The Bertz CT molecular complexity index is 925. The van der Waals surface area contributed by atoms with Gasteiger partial charge in [-0.25, -0.2) is 4.79 Å². The monoisotopic (exact) mass is 407 g/mol. The Labute approximate surface area is 175 Å². The Morgan fingerprint density at radius 1 is 0.931 bits per heavy atom. The molecule has 1 aromatic heterocycles. The van der Waals surface area contributed by atoms with E-state index in [4.69, 9.17) is 0 Å². The molecule has 0 unspecified atom stereocenters. The molecule has 0 aliphatic heterocycles. The Morgan fingerprint density at radius 2 is 1.66 bits per heavy atom. The predicted molar refractivity (Wildman–Crippen MR) is 117 cm³/mol. The number of nitrogens with one attached hydrogen (secondary N) is 3. The molecule has 0 saturated carbocycles. The van der Waals surface area contributed by atoms with Crippen molar-refractivity contribution in [2.75, 3.05) is 7.05 Å². The number of rotatable bonds is 7. The van der Waals surface area contributed by atoms with E-state index < -0.39 is 18.0 Å². The van der Waals surface area contributed by atoms with Crippen molar-refractivity contribution in [2.45, 2.75) is 25.4 Å². The number of amides is 3. The molecular formula is C23H25N3O2S. The normalized spacial score (nSPS) is 12.8. The molecule has 0 spiro atoms. The van der Waals surface area contributed by atoms with Crippen LogP contribution in [0, 0.1) is 0 Å². The quantitative estimate of drug-likeness (QED) is 0.550. The van der Waals surface area contributed by atoms with Crippen LogP contribution in [0.3, 0.4) is 0 Å². The Balaban J connectivity index is 1.96. The van der Waals surface area contributed by atoms with Crippen LogP contribution < -0.4 is 16.0 Å². The van der Waals surface area contributed by atoms with Gasteiger partial charge >= 0.3 is 6.03 Å². The Hall–Kier alpha value is -2.96.